The number of hydrogen-bond donors (Lipinski definition) is 2. The van der Waals surface area contributed by atoms with Crippen LogP contribution in [0.3, 0.4) is 0 Å². The van der Waals surface area contributed by atoms with E-state index in [1.54, 1.807) is 11.3 Å². The molecule has 3 heterocycles. The average molecular weight is 462 g/mol. The van der Waals surface area contributed by atoms with Gasteiger partial charge in [0.15, 0.2) is 5.82 Å². The lowest BCUT2D eigenvalue weighted by Gasteiger charge is -2.12. The van der Waals surface area contributed by atoms with Gasteiger partial charge in [-0.05, 0) is 41.1 Å². The van der Waals surface area contributed by atoms with Gasteiger partial charge in [-0.15, -0.1) is 11.3 Å². The molecule has 0 aliphatic carbocycles. The quantitative estimate of drug-likeness (QED) is 0.395. The number of aromatic nitrogens is 2. The Morgan fingerprint density at radius 1 is 1.12 bits per heavy atom. The number of fused-ring (bicyclic) bond motifs is 1. The van der Waals surface area contributed by atoms with Crippen molar-refractivity contribution >= 4 is 27.4 Å². The predicted molar refractivity (Wildman–Crippen MR) is 131 cm³/mol. The number of nitrogens with zero attached hydrogens (tertiary/aromatic N) is 5. The van der Waals surface area contributed by atoms with Crippen molar-refractivity contribution in [2.45, 2.75) is 6.42 Å². The lowest BCUT2D eigenvalue weighted by atomic mass is 9.97. The highest BCUT2D eigenvalue weighted by molar-refractivity contribution is 7.22. The number of rotatable bonds is 8. The lowest BCUT2D eigenvalue weighted by molar-refractivity contribution is 0.332. The van der Waals surface area contributed by atoms with Crippen LogP contribution in [0, 0.1) is 5.82 Å². The summed E-state index contributed by atoms with van der Waals surface area (Å²) in [6.45, 7) is 3.41. The maximum atomic E-state index is 14.7. The Bertz CT molecular complexity index is 1300. The minimum Gasteiger partial charge on any atom is -0.352 e. The van der Waals surface area contributed by atoms with E-state index in [2.05, 4.69) is 43.8 Å². The van der Waals surface area contributed by atoms with Crippen LogP contribution in [0.2, 0.25) is 0 Å². The average Bonchev–Trinajstić information content (AvgIpc) is 3.50. The molecule has 5 rings (SSSR count). The highest BCUT2D eigenvalue weighted by Crippen LogP contribution is 2.40. The Labute approximate surface area is 195 Å². The molecule has 0 saturated heterocycles. The molecule has 0 bridgehead atoms. The minimum absolute atomic E-state index is 0.302. The van der Waals surface area contributed by atoms with Crippen LogP contribution in [-0.2, 0) is 6.42 Å². The lowest BCUT2D eigenvalue weighted by Crippen LogP contribution is -2.23. The second-order valence-corrected chi connectivity index (χ2v) is 8.81. The van der Waals surface area contributed by atoms with Gasteiger partial charge in [0.1, 0.15) is 5.69 Å². The first kappa shape index (κ1) is 21.4. The number of nitrogens with one attached hydrogen (secondary N) is 1. The summed E-state index contributed by atoms with van der Waals surface area (Å²) in [6, 6.07) is 16.5. The fourth-order valence-corrected chi connectivity index (χ4v) is 5.14. The number of halogens is 1. The van der Waals surface area contributed by atoms with Crippen molar-refractivity contribution in [3.05, 3.63) is 66.1 Å². The third-order valence-corrected chi connectivity index (χ3v) is 6.73. The molecule has 2 aromatic carbocycles. The number of anilines is 1. The van der Waals surface area contributed by atoms with Crippen LogP contribution in [-0.4, -0.2) is 47.7 Å². The summed E-state index contributed by atoms with van der Waals surface area (Å²) in [4.78, 5) is 9.35. The van der Waals surface area contributed by atoms with Crippen LogP contribution >= 0.6 is 11.3 Å². The molecule has 0 radical (unpaired) electrons. The molecular formula is C24H24FN7S. The molecule has 0 amide bonds. The zero-order valence-electron chi connectivity index (χ0n) is 18.0. The summed E-state index contributed by atoms with van der Waals surface area (Å²) in [5.74, 6) is -0.0426. The van der Waals surface area contributed by atoms with Gasteiger partial charge in [0, 0.05) is 11.2 Å². The molecule has 1 aliphatic heterocycles. The monoisotopic (exact) mass is 461 g/mol. The Balaban J connectivity index is 1.46. The van der Waals surface area contributed by atoms with Crippen molar-refractivity contribution < 1.29 is 4.39 Å². The maximum Gasteiger partial charge on any atom is 0.223 e. The van der Waals surface area contributed by atoms with E-state index in [1.807, 2.05) is 35.3 Å². The zero-order valence-corrected chi connectivity index (χ0v) is 18.9. The molecule has 1 aliphatic rings. The minimum atomic E-state index is -0.439. The van der Waals surface area contributed by atoms with Gasteiger partial charge < -0.3 is 11.1 Å². The normalized spacial score (nSPS) is 13.2. The molecule has 0 spiro atoms. The van der Waals surface area contributed by atoms with Gasteiger partial charge in [0.2, 0.25) is 5.95 Å². The van der Waals surface area contributed by atoms with Crippen LogP contribution in [0.4, 0.5) is 10.3 Å². The zero-order chi connectivity index (χ0) is 22.6. The van der Waals surface area contributed by atoms with Crippen molar-refractivity contribution in [2.24, 2.45) is 16.1 Å². The Morgan fingerprint density at radius 3 is 2.85 bits per heavy atom. The SMILES string of the molecule is NCCc1ccccc1-c1cccc2cc(-c3nc(NCCN4CCN=N4)ncc3F)sc12. The summed E-state index contributed by atoms with van der Waals surface area (Å²) < 4.78 is 15.8. The van der Waals surface area contributed by atoms with Crippen LogP contribution in [0.15, 0.2) is 65.1 Å². The van der Waals surface area contributed by atoms with Gasteiger partial charge in [0.25, 0.3) is 0 Å². The Hall–Kier alpha value is -3.43. The van der Waals surface area contributed by atoms with E-state index in [9.17, 15) is 4.39 Å². The summed E-state index contributed by atoms with van der Waals surface area (Å²) in [5, 5.41) is 14.1. The molecule has 33 heavy (non-hydrogen) atoms. The molecule has 0 unspecified atom stereocenters. The summed E-state index contributed by atoms with van der Waals surface area (Å²) >= 11 is 1.54. The molecule has 0 atom stereocenters. The van der Waals surface area contributed by atoms with Gasteiger partial charge in [-0.3, -0.25) is 5.01 Å². The number of nitrogens with two attached hydrogens (primary N) is 1. The smallest absolute Gasteiger partial charge is 0.223 e. The first-order chi connectivity index (χ1) is 16.2. The second kappa shape index (κ2) is 9.60. The van der Waals surface area contributed by atoms with E-state index in [-0.39, 0.29) is 0 Å². The fourth-order valence-electron chi connectivity index (χ4n) is 3.97. The van der Waals surface area contributed by atoms with E-state index >= 15 is 0 Å². The second-order valence-electron chi connectivity index (χ2n) is 7.76. The van der Waals surface area contributed by atoms with Crippen molar-refractivity contribution in [2.75, 3.05) is 38.0 Å². The first-order valence-electron chi connectivity index (χ1n) is 10.9. The Kier molecular flexibility index (Phi) is 6.23. The molecule has 7 nitrogen and oxygen atoms in total. The van der Waals surface area contributed by atoms with Crippen molar-refractivity contribution in [1.29, 1.82) is 0 Å². The number of hydrogen-bond acceptors (Lipinski definition) is 8. The third kappa shape index (κ3) is 4.55. The van der Waals surface area contributed by atoms with Crippen LogP contribution in [0.25, 0.3) is 31.8 Å². The van der Waals surface area contributed by atoms with Crippen molar-refractivity contribution in [1.82, 2.24) is 15.0 Å². The molecule has 4 aromatic rings. The largest absolute Gasteiger partial charge is 0.352 e. The van der Waals surface area contributed by atoms with Crippen LogP contribution in [0.1, 0.15) is 5.56 Å². The van der Waals surface area contributed by atoms with Gasteiger partial charge in [-0.25, -0.2) is 14.4 Å². The molecule has 0 fully saturated rings. The maximum absolute atomic E-state index is 14.7. The molecule has 9 heteroatoms. The summed E-state index contributed by atoms with van der Waals surface area (Å²) in [5.41, 5.74) is 9.62. The van der Waals surface area contributed by atoms with Crippen LogP contribution in [0.5, 0.6) is 0 Å². The highest BCUT2D eigenvalue weighted by atomic mass is 32.1. The van der Waals surface area contributed by atoms with E-state index < -0.39 is 5.82 Å². The van der Waals surface area contributed by atoms with E-state index in [4.69, 9.17) is 5.73 Å². The van der Waals surface area contributed by atoms with E-state index in [0.717, 1.165) is 45.6 Å². The highest BCUT2D eigenvalue weighted by Gasteiger charge is 2.16. The molecule has 3 N–H and O–H groups in total. The number of benzene rings is 2. The van der Waals surface area contributed by atoms with Crippen molar-refractivity contribution in [3.63, 3.8) is 0 Å². The van der Waals surface area contributed by atoms with Gasteiger partial charge in [0.05, 0.1) is 30.7 Å². The fraction of sp³-hybridized carbons (Fsp3) is 0.250. The topological polar surface area (TPSA) is 91.8 Å². The summed E-state index contributed by atoms with van der Waals surface area (Å²) in [6.07, 6.45) is 2.03. The Morgan fingerprint density at radius 2 is 2.00 bits per heavy atom. The third-order valence-electron chi connectivity index (χ3n) is 5.54. The van der Waals surface area contributed by atoms with Crippen LogP contribution < -0.4 is 11.1 Å². The van der Waals surface area contributed by atoms with E-state index in [0.29, 0.717) is 31.3 Å². The van der Waals surface area contributed by atoms with Gasteiger partial charge in [-0.2, -0.15) is 5.11 Å². The summed E-state index contributed by atoms with van der Waals surface area (Å²) in [7, 11) is 0. The van der Waals surface area contributed by atoms with E-state index in [1.165, 1.54) is 11.8 Å². The van der Waals surface area contributed by atoms with Gasteiger partial charge >= 0.3 is 0 Å². The number of thiophene rings is 1. The van der Waals surface area contributed by atoms with Crippen molar-refractivity contribution in [3.8, 4) is 21.7 Å². The standard InChI is InChI=1S/C24H24FN7S/c25-20-15-28-24(27-10-12-32-13-11-29-31-32)30-22(20)21-14-17-5-3-7-19(23(17)33-21)18-6-2-1-4-16(18)8-9-26/h1-7,14-15H,8-13,26H2,(H,27,28,30). The molecular weight excluding hydrogens is 437 g/mol. The molecule has 0 saturated carbocycles. The molecule has 2 aromatic heterocycles. The first-order valence-corrected chi connectivity index (χ1v) is 11.7. The molecule has 168 valence electrons. The van der Waals surface area contributed by atoms with Gasteiger partial charge in [-0.1, -0.05) is 47.7 Å². The predicted octanol–water partition coefficient (Wildman–Crippen LogP) is 4.76.